The second-order valence-electron chi connectivity index (χ2n) is 7.30. The van der Waals surface area contributed by atoms with Crippen LogP contribution >= 0.6 is 0 Å². The van der Waals surface area contributed by atoms with Crippen molar-refractivity contribution in [3.63, 3.8) is 0 Å². The zero-order valence-electron chi connectivity index (χ0n) is 16.7. The largest absolute Gasteiger partial charge is 0.460 e. The molecule has 0 saturated carbocycles. The van der Waals surface area contributed by atoms with Gasteiger partial charge in [-0.25, -0.2) is 12.8 Å². The number of fused-ring (bicyclic) bond motifs is 1. The number of halogens is 1. The van der Waals surface area contributed by atoms with Crippen LogP contribution in [0, 0.1) is 12.7 Å². The number of nitrogens with zero attached hydrogens (tertiary/aromatic N) is 1. The number of sulfonamides is 1. The Balaban J connectivity index is 1.64. The van der Waals surface area contributed by atoms with E-state index in [1.54, 1.807) is 24.3 Å². The summed E-state index contributed by atoms with van der Waals surface area (Å²) in [7, 11) is -2.26. The van der Waals surface area contributed by atoms with Crippen molar-refractivity contribution < 1.29 is 22.3 Å². The Hall–Kier alpha value is -2.74. The minimum Gasteiger partial charge on any atom is -0.460 e. The van der Waals surface area contributed by atoms with Crippen LogP contribution in [0.5, 0.6) is 5.75 Å². The van der Waals surface area contributed by atoms with Gasteiger partial charge in [-0.15, -0.1) is 0 Å². The molecule has 3 aromatic carbocycles. The Morgan fingerprint density at radius 2 is 1.77 bits per heavy atom. The van der Waals surface area contributed by atoms with Crippen molar-refractivity contribution in [3.05, 3.63) is 94.8 Å². The van der Waals surface area contributed by atoms with E-state index in [-0.39, 0.29) is 18.0 Å². The number of benzene rings is 3. The lowest BCUT2D eigenvalue weighted by Crippen LogP contribution is -2.28. The smallest absolute Gasteiger partial charge is 0.243 e. The van der Waals surface area contributed by atoms with Gasteiger partial charge in [-0.05, 0) is 31.2 Å². The molecule has 1 heterocycles. The summed E-state index contributed by atoms with van der Waals surface area (Å²) in [6.45, 7) is 2.04. The van der Waals surface area contributed by atoms with Crippen LogP contribution in [0.1, 0.15) is 28.5 Å². The van der Waals surface area contributed by atoms with Crippen molar-refractivity contribution in [1.29, 1.82) is 0 Å². The molecule has 0 radical (unpaired) electrons. The highest BCUT2D eigenvalue weighted by Crippen LogP contribution is 2.37. The molecule has 7 heteroatoms. The molecule has 0 N–H and O–H groups in total. The maximum atomic E-state index is 14.2. The third kappa shape index (κ3) is 4.09. The first kappa shape index (κ1) is 20.5. The molecule has 156 valence electrons. The van der Waals surface area contributed by atoms with E-state index < -0.39 is 22.1 Å². The van der Waals surface area contributed by atoms with Gasteiger partial charge in [0, 0.05) is 30.3 Å². The second-order valence-corrected chi connectivity index (χ2v) is 9.34. The number of aryl methyl sites for hydroxylation is 1. The van der Waals surface area contributed by atoms with Gasteiger partial charge in [-0.3, -0.25) is 0 Å². The van der Waals surface area contributed by atoms with Gasteiger partial charge in [0.1, 0.15) is 11.6 Å². The number of hydrogen-bond donors (Lipinski definition) is 0. The minimum absolute atomic E-state index is 0.0299. The van der Waals surface area contributed by atoms with Gasteiger partial charge in [0.25, 0.3) is 0 Å². The summed E-state index contributed by atoms with van der Waals surface area (Å²) < 4.78 is 53.1. The fourth-order valence-electron chi connectivity index (χ4n) is 3.38. The highest BCUT2D eigenvalue weighted by atomic mass is 32.2. The maximum Gasteiger partial charge on any atom is 0.243 e. The fraction of sp³-hybridized carbons (Fsp3) is 0.217. The van der Waals surface area contributed by atoms with Crippen LogP contribution in [0.2, 0.25) is 0 Å². The summed E-state index contributed by atoms with van der Waals surface area (Å²) in [4.78, 5) is 0.187. The minimum atomic E-state index is -3.73. The van der Waals surface area contributed by atoms with Crippen molar-refractivity contribution in [2.24, 2.45) is 0 Å². The lowest BCUT2D eigenvalue weighted by Gasteiger charge is -2.29. The first-order valence-corrected chi connectivity index (χ1v) is 11.0. The van der Waals surface area contributed by atoms with Gasteiger partial charge in [-0.2, -0.15) is 4.31 Å². The Morgan fingerprint density at radius 3 is 2.47 bits per heavy atom. The second kappa shape index (κ2) is 8.18. The van der Waals surface area contributed by atoms with Gasteiger partial charge in [0.05, 0.1) is 11.5 Å². The first-order valence-electron chi connectivity index (χ1n) is 9.52. The van der Waals surface area contributed by atoms with Gasteiger partial charge in [-0.1, -0.05) is 48.0 Å². The Kier molecular flexibility index (Phi) is 5.60. The van der Waals surface area contributed by atoms with Crippen LogP contribution in [-0.2, 0) is 27.9 Å². The zero-order valence-corrected chi connectivity index (χ0v) is 17.5. The lowest BCUT2D eigenvalue weighted by molar-refractivity contribution is -0.112. The summed E-state index contributed by atoms with van der Waals surface area (Å²) >= 11 is 0. The average molecular weight is 427 g/mol. The first-order chi connectivity index (χ1) is 14.3. The molecule has 3 aromatic rings. The molecule has 1 aliphatic rings. The number of hydrogen-bond acceptors (Lipinski definition) is 4. The molecule has 0 amide bonds. The molecule has 0 bridgehead atoms. The van der Waals surface area contributed by atoms with Crippen LogP contribution in [0.4, 0.5) is 4.39 Å². The average Bonchev–Trinajstić information content (AvgIpc) is 2.74. The normalized spacial score (nSPS) is 16.2. The molecule has 0 fully saturated rings. The summed E-state index contributed by atoms with van der Waals surface area (Å²) in [5, 5.41) is 0. The molecule has 0 saturated heterocycles. The Labute approximate surface area is 175 Å². The fourth-order valence-corrected chi connectivity index (χ4v) is 4.53. The predicted molar refractivity (Wildman–Crippen MR) is 111 cm³/mol. The molecule has 1 aliphatic heterocycles. The van der Waals surface area contributed by atoms with E-state index in [4.69, 9.17) is 9.47 Å². The van der Waals surface area contributed by atoms with Gasteiger partial charge >= 0.3 is 0 Å². The van der Waals surface area contributed by atoms with Crippen molar-refractivity contribution in [2.75, 3.05) is 7.05 Å². The molecule has 1 atom stereocenters. The highest BCUT2D eigenvalue weighted by Gasteiger charge is 2.28. The third-order valence-electron chi connectivity index (χ3n) is 5.02. The van der Waals surface area contributed by atoms with Crippen LogP contribution in [0.3, 0.4) is 0 Å². The SMILES string of the molecule is Cc1ccc(S(=O)(=O)N(C)Cc2cc(F)cc3c2OC(c2ccccc2)OC3)cc1. The summed E-state index contributed by atoms with van der Waals surface area (Å²) in [5.41, 5.74) is 2.81. The standard InChI is InChI=1S/C23H22FNO4S/c1-16-8-10-21(11-9-16)30(26,27)25(2)14-18-12-20(24)13-19-15-28-23(29-22(18)19)17-6-4-3-5-7-17/h3-13,23H,14-15H2,1-2H3. The molecule has 0 aromatic heterocycles. The van der Waals surface area contributed by atoms with Crippen LogP contribution in [0.15, 0.2) is 71.6 Å². The van der Waals surface area contributed by atoms with Crippen LogP contribution in [0.25, 0.3) is 0 Å². The van der Waals surface area contributed by atoms with E-state index in [2.05, 4.69) is 0 Å². The zero-order chi connectivity index (χ0) is 21.3. The Bertz CT molecular complexity index is 1150. The van der Waals surface area contributed by atoms with Crippen LogP contribution in [-0.4, -0.2) is 19.8 Å². The van der Waals surface area contributed by atoms with E-state index in [1.807, 2.05) is 37.3 Å². The Morgan fingerprint density at radius 1 is 1.07 bits per heavy atom. The van der Waals surface area contributed by atoms with Gasteiger partial charge in [0.2, 0.25) is 16.3 Å². The van der Waals surface area contributed by atoms with Crippen molar-refractivity contribution in [2.45, 2.75) is 31.3 Å². The van der Waals surface area contributed by atoms with Crippen molar-refractivity contribution in [3.8, 4) is 5.75 Å². The molecular weight excluding hydrogens is 405 g/mol. The van der Waals surface area contributed by atoms with Gasteiger partial charge < -0.3 is 9.47 Å². The summed E-state index contributed by atoms with van der Waals surface area (Å²) in [5.74, 6) is -0.00213. The van der Waals surface area contributed by atoms with Crippen molar-refractivity contribution in [1.82, 2.24) is 4.31 Å². The third-order valence-corrected chi connectivity index (χ3v) is 6.83. The molecule has 0 spiro atoms. The topological polar surface area (TPSA) is 55.8 Å². The quantitative estimate of drug-likeness (QED) is 0.599. The van der Waals surface area contributed by atoms with Gasteiger partial charge in [0.15, 0.2) is 0 Å². The van der Waals surface area contributed by atoms with E-state index in [0.717, 1.165) is 11.1 Å². The van der Waals surface area contributed by atoms with E-state index in [1.165, 1.54) is 23.5 Å². The summed E-state index contributed by atoms with van der Waals surface area (Å²) in [6.07, 6.45) is -0.637. The van der Waals surface area contributed by atoms with E-state index in [9.17, 15) is 12.8 Å². The molecular formula is C23H22FNO4S. The molecule has 5 nitrogen and oxygen atoms in total. The van der Waals surface area contributed by atoms with Crippen LogP contribution < -0.4 is 4.74 Å². The number of rotatable bonds is 5. The number of ether oxygens (including phenoxy) is 2. The van der Waals surface area contributed by atoms with E-state index in [0.29, 0.717) is 16.9 Å². The predicted octanol–water partition coefficient (Wildman–Crippen LogP) is 4.56. The lowest BCUT2D eigenvalue weighted by atomic mass is 10.1. The summed E-state index contributed by atoms with van der Waals surface area (Å²) in [6, 6.07) is 18.7. The maximum absolute atomic E-state index is 14.2. The molecule has 4 rings (SSSR count). The molecule has 1 unspecified atom stereocenters. The molecule has 30 heavy (non-hydrogen) atoms. The van der Waals surface area contributed by atoms with Crippen molar-refractivity contribution >= 4 is 10.0 Å². The van der Waals surface area contributed by atoms with E-state index >= 15 is 0 Å². The monoisotopic (exact) mass is 427 g/mol. The molecule has 0 aliphatic carbocycles. The highest BCUT2D eigenvalue weighted by molar-refractivity contribution is 7.89.